The highest BCUT2D eigenvalue weighted by Gasteiger charge is 2.40. The first-order chi connectivity index (χ1) is 16.2. The Balaban J connectivity index is 2.31. The summed E-state index contributed by atoms with van der Waals surface area (Å²) < 4.78 is 20.8. The molecule has 174 valence electrons. The number of carbonyl (C=O) groups excluding carboxylic acids is 4. The Morgan fingerprint density at radius 2 is 1.21 bits per heavy atom. The zero-order chi connectivity index (χ0) is 25.2. The van der Waals surface area contributed by atoms with Gasteiger partial charge in [0, 0.05) is 13.8 Å². The molecule has 34 heavy (non-hydrogen) atoms. The zero-order valence-electron chi connectivity index (χ0n) is 17.8. The number of hydrogen-bond acceptors (Lipinski definition) is 13. The number of carbonyl (C=O) groups is 4. The Morgan fingerprint density at radius 3 is 1.53 bits per heavy atom. The molecule has 0 spiro atoms. The van der Waals surface area contributed by atoms with Crippen molar-refractivity contribution in [2.45, 2.75) is 33.4 Å². The lowest BCUT2D eigenvalue weighted by molar-refractivity contribution is -0.136. The van der Waals surface area contributed by atoms with Crippen molar-refractivity contribution in [3.8, 4) is 17.6 Å². The average molecular weight is 537 g/mol. The Labute approximate surface area is 210 Å². The van der Waals surface area contributed by atoms with Gasteiger partial charge >= 0.3 is 23.9 Å². The topological polar surface area (TPSA) is 133 Å². The van der Waals surface area contributed by atoms with Crippen LogP contribution in [0.5, 0.6) is 11.5 Å². The van der Waals surface area contributed by atoms with Crippen LogP contribution in [0.3, 0.4) is 0 Å². The zero-order valence-corrected chi connectivity index (χ0v) is 21.1. The Morgan fingerprint density at radius 1 is 0.794 bits per heavy atom. The SMILES string of the molecule is [C-]#[N+]C(C(=O)OC)=C1Sc2c(OC(C)=O)c3c(c(OC(C)=O)c2S1)SC(=C(C#N)C(=O)OC)S3. The highest BCUT2D eigenvalue weighted by Crippen LogP contribution is 2.68. The predicted octanol–water partition coefficient (Wildman–Crippen LogP) is 4.10. The number of fused-ring (bicyclic) bond motifs is 2. The van der Waals surface area contributed by atoms with E-state index in [0.29, 0.717) is 19.6 Å². The van der Waals surface area contributed by atoms with Gasteiger partial charge in [0.15, 0.2) is 17.1 Å². The van der Waals surface area contributed by atoms with Crippen LogP contribution in [0.2, 0.25) is 0 Å². The van der Waals surface area contributed by atoms with Gasteiger partial charge in [0.1, 0.15) is 6.07 Å². The second-order valence-corrected chi connectivity index (χ2v) is 10.7. The summed E-state index contributed by atoms with van der Waals surface area (Å²) in [7, 11) is 2.28. The quantitative estimate of drug-likeness (QED) is 0.180. The van der Waals surface area contributed by atoms with Crippen LogP contribution >= 0.6 is 47.0 Å². The van der Waals surface area contributed by atoms with E-state index in [-0.39, 0.29) is 31.2 Å². The molecule has 0 unspecified atom stereocenters. The highest BCUT2D eigenvalue weighted by atomic mass is 32.2. The van der Waals surface area contributed by atoms with E-state index in [1.807, 2.05) is 0 Å². The van der Waals surface area contributed by atoms with Crippen LogP contribution < -0.4 is 9.47 Å². The summed E-state index contributed by atoms with van der Waals surface area (Å²) in [6.45, 7) is 9.75. The molecule has 0 radical (unpaired) electrons. The minimum atomic E-state index is -0.852. The molecule has 2 aliphatic rings. The maximum Gasteiger partial charge on any atom is 0.350 e. The first-order valence-electron chi connectivity index (χ1n) is 8.91. The molecule has 14 heteroatoms. The number of rotatable bonds is 4. The van der Waals surface area contributed by atoms with E-state index in [4.69, 9.17) is 16.0 Å². The Kier molecular flexibility index (Phi) is 7.89. The average Bonchev–Trinajstić information content (AvgIpc) is 3.41. The third-order valence-electron chi connectivity index (χ3n) is 3.90. The highest BCUT2D eigenvalue weighted by molar-refractivity contribution is 8.26. The number of nitriles is 1. The van der Waals surface area contributed by atoms with Gasteiger partial charge in [0.25, 0.3) is 5.70 Å². The van der Waals surface area contributed by atoms with Crippen molar-refractivity contribution >= 4 is 70.9 Å². The second-order valence-electron chi connectivity index (χ2n) is 6.08. The van der Waals surface area contributed by atoms with Gasteiger partial charge in [-0.15, -0.1) is 0 Å². The summed E-state index contributed by atoms with van der Waals surface area (Å²) in [5, 5.41) is 9.47. The van der Waals surface area contributed by atoms with Crippen LogP contribution in [0, 0.1) is 17.9 Å². The summed E-state index contributed by atoms with van der Waals surface area (Å²) in [6, 6.07) is 1.80. The lowest BCUT2D eigenvalue weighted by Gasteiger charge is -2.15. The largest absolute Gasteiger partial charge is 0.474 e. The molecule has 0 amide bonds. The maximum atomic E-state index is 12.1. The van der Waals surface area contributed by atoms with Gasteiger partial charge in [-0.05, 0) is 0 Å². The molecule has 10 nitrogen and oxygen atoms in total. The molecular formula is C20H12N2O8S4. The lowest BCUT2D eigenvalue weighted by atomic mass is 10.3. The number of esters is 4. The van der Waals surface area contributed by atoms with E-state index in [1.54, 1.807) is 6.07 Å². The summed E-state index contributed by atoms with van der Waals surface area (Å²) >= 11 is 3.91. The van der Waals surface area contributed by atoms with Gasteiger partial charge in [-0.1, -0.05) is 47.0 Å². The Bertz CT molecular complexity index is 1160. The van der Waals surface area contributed by atoms with Gasteiger partial charge in [-0.25, -0.2) is 9.64 Å². The van der Waals surface area contributed by atoms with Crippen molar-refractivity contribution in [1.29, 1.82) is 5.26 Å². The fourth-order valence-electron chi connectivity index (χ4n) is 2.62. The van der Waals surface area contributed by atoms with E-state index in [1.165, 1.54) is 13.8 Å². The fourth-order valence-corrected chi connectivity index (χ4v) is 7.93. The minimum absolute atomic E-state index is 0.0877. The molecule has 3 rings (SSSR count). The van der Waals surface area contributed by atoms with Crippen molar-refractivity contribution in [2.24, 2.45) is 0 Å². The van der Waals surface area contributed by atoms with E-state index in [9.17, 15) is 24.4 Å². The smallest absolute Gasteiger partial charge is 0.350 e. The van der Waals surface area contributed by atoms with Crippen LogP contribution in [-0.2, 0) is 28.7 Å². The molecule has 2 heterocycles. The van der Waals surface area contributed by atoms with Gasteiger partial charge in [0.2, 0.25) is 0 Å². The van der Waals surface area contributed by atoms with E-state index in [0.717, 1.165) is 61.3 Å². The predicted molar refractivity (Wildman–Crippen MR) is 123 cm³/mol. The molecule has 0 atom stereocenters. The number of benzene rings is 1. The maximum absolute atomic E-state index is 12.1. The van der Waals surface area contributed by atoms with Crippen molar-refractivity contribution < 1.29 is 38.1 Å². The molecule has 0 fully saturated rings. The summed E-state index contributed by atoms with van der Waals surface area (Å²) in [5.74, 6) is -2.83. The van der Waals surface area contributed by atoms with Crippen molar-refractivity contribution in [1.82, 2.24) is 0 Å². The number of thioether (sulfide) groups is 4. The van der Waals surface area contributed by atoms with Crippen LogP contribution in [0.4, 0.5) is 0 Å². The van der Waals surface area contributed by atoms with Crippen molar-refractivity contribution in [2.75, 3.05) is 14.2 Å². The fraction of sp³-hybridized carbons (Fsp3) is 0.200. The molecular weight excluding hydrogens is 524 g/mol. The second kappa shape index (κ2) is 10.5. The van der Waals surface area contributed by atoms with Crippen molar-refractivity contribution in [3.05, 3.63) is 31.2 Å². The number of methoxy groups -OCH3 is 2. The van der Waals surface area contributed by atoms with Crippen LogP contribution in [0.15, 0.2) is 39.3 Å². The van der Waals surface area contributed by atoms with Crippen LogP contribution in [0.1, 0.15) is 13.8 Å². The molecule has 1 aromatic rings. The normalized spacial score (nSPS) is 13.1. The molecule has 0 N–H and O–H groups in total. The molecule has 0 aromatic heterocycles. The Hall–Kier alpha value is -3.04. The summed E-state index contributed by atoms with van der Waals surface area (Å²) in [5.41, 5.74) is -0.548. The first-order valence-corrected chi connectivity index (χ1v) is 12.2. The van der Waals surface area contributed by atoms with Gasteiger partial charge in [0.05, 0.1) is 48.8 Å². The van der Waals surface area contributed by atoms with Crippen LogP contribution in [0.25, 0.3) is 4.85 Å². The molecule has 0 saturated carbocycles. The summed E-state index contributed by atoms with van der Waals surface area (Å²) in [6.07, 6.45) is 0. The van der Waals surface area contributed by atoms with Gasteiger partial charge in [-0.2, -0.15) is 5.26 Å². The van der Waals surface area contributed by atoms with Crippen LogP contribution in [-0.4, -0.2) is 38.1 Å². The molecule has 0 bridgehead atoms. The third kappa shape index (κ3) is 4.76. The number of ether oxygens (including phenoxy) is 4. The molecule has 1 aromatic carbocycles. The summed E-state index contributed by atoms with van der Waals surface area (Å²) in [4.78, 5) is 52.6. The third-order valence-corrected chi connectivity index (χ3v) is 9.07. The molecule has 2 aliphatic heterocycles. The molecule has 0 aliphatic carbocycles. The number of hydrogen-bond donors (Lipinski definition) is 0. The van der Waals surface area contributed by atoms with E-state index >= 15 is 0 Å². The van der Waals surface area contributed by atoms with E-state index < -0.39 is 23.9 Å². The minimum Gasteiger partial charge on any atom is -0.474 e. The standard InChI is InChI=1S/C20H12N2O8S4/c1-7(23)29-11-13-14(32-19(31-13)9(6-21)17(25)27-4)12(30-8(2)24)16-15(11)33-20(34-16)10(22-3)18(26)28-5/h1-2,4-5H3. The molecule has 0 saturated heterocycles. The van der Waals surface area contributed by atoms with Crippen molar-refractivity contribution in [3.63, 3.8) is 0 Å². The van der Waals surface area contributed by atoms with E-state index in [2.05, 4.69) is 14.3 Å². The monoisotopic (exact) mass is 536 g/mol. The van der Waals surface area contributed by atoms with Gasteiger partial charge in [-0.3, -0.25) is 14.4 Å². The van der Waals surface area contributed by atoms with Gasteiger partial charge < -0.3 is 18.9 Å². The number of nitrogens with zero attached hydrogens (tertiary/aromatic N) is 2. The first kappa shape index (κ1) is 25.6. The lowest BCUT2D eigenvalue weighted by Crippen LogP contribution is -2.07.